The fourth-order valence-electron chi connectivity index (χ4n) is 3.28. The normalized spacial score (nSPS) is 12.8. The van der Waals surface area contributed by atoms with Crippen LogP contribution in [0, 0.1) is 13.8 Å². The number of ether oxygens (including phenoxy) is 2. The van der Waals surface area contributed by atoms with E-state index in [0.717, 1.165) is 22.7 Å². The molecule has 1 heterocycles. The Balaban J connectivity index is 1.84. The Bertz CT molecular complexity index is 1220. The van der Waals surface area contributed by atoms with Crippen molar-refractivity contribution in [2.45, 2.75) is 52.0 Å². The van der Waals surface area contributed by atoms with Gasteiger partial charge in [-0.25, -0.2) is 9.78 Å². The highest BCUT2D eigenvalue weighted by molar-refractivity contribution is 7.15. The molecule has 0 spiro atoms. The van der Waals surface area contributed by atoms with Gasteiger partial charge in [-0.2, -0.15) is 13.2 Å². The molecule has 0 saturated heterocycles. The molecule has 3 rings (SSSR count). The highest BCUT2D eigenvalue weighted by atomic mass is 32.1. The lowest BCUT2D eigenvalue weighted by atomic mass is 10.1. The molecule has 0 fully saturated rings. The summed E-state index contributed by atoms with van der Waals surface area (Å²) in [6.45, 7) is 10.4. The molecule has 5 nitrogen and oxygen atoms in total. The van der Waals surface area contributed by atoms with Gasteiger partial charge in [0, 0.05) is 12.0 Å². The monoisotopic (exact) mass is 505 g/mol. The summed E-state index contributed by atoms with van der Waals surface area (Å²) in [6, 6.07) is 10.0. The predicted octanol–water partition coefficient (Wildman–Crippen LogP) is 7.38. The number of hydrogen-bond acceptors (Lipinski definition) is 5. The summed E-state index contributed by atoms with van der Waals surface area (Å²) in [5.41, 5.74) is -0.0741. The van der Waals surface area contributed by atoms with Crippen molar-refractivity contribution in [2.75, 3.05) is 0 Å². The molecule has 0 radical (unpaired) electrons. The molecule has 2 aromatic carbocycles. The number of carboxylic acid groups (broad SMARTS) is 1. The van der Waals surface area contributed by atoms with Crippen LogP contribution in [0.1, 0.15) is 48.1 Å². The van der Waals surface area contributed by atoms with Crippen LogP contribution in [0.25, 0.3) is 10.6 Å². The van der Waals surface area contributed by atoms with Gasteiger partial charge in [-0.05, 0) is 63.6 Å². The first-order valence-electron chi connectivity index (χ1n) is 10.8. The van der Waals surface area contributed by atoms with Gasteiger partial charge < -0.3 is 14.6 Å². The van der Waals surface area contributed by atoms with Crippen molar-refractivity contribution in [1.82, 2.24) is 4.98 Å². The van der Waals surface area contributed by atoms with Crippen molar-refractivity contribution in [3.8, 4) is 22.1 Å². The van der Waals surface area contributed by atoms with Gasteiger partial charge in [0.05, 0.1) is 16.1 Å². The molecule has 0 aliphatic carbocycles. The van der Waals surface area contributed by atoms with Crippen molar-refractivity contribution >= 4 is 17.3 Å². The first kappa shape index (κ1) is 26.3. The molecule has 0 amide bonds. The van der Waals surface area contributed by atoms with E-state index in [9.17, 15) is 23.1 Å². The number of hydrogen-bond donors (Lipinski definition) is 1. The van der Waals surface area contributed by atoms with E-state index < -0.39 is 29.4 Å². The SMILES string of the molecule is C=CCC(Oc1ccc(OC(C)(C)C(=O)O)c(C)c1)c1sc(-c2ccc(C(F)(F)F)cc2)nc1C. The quantitative estimate of drug-likeness (QED) is 0.307. The van der Waals surface area contributed by atoms with Crippen molar-refractivity contribution < 1.29 is 32.5 Å². The van der Waals surface area contributed by atoms with Crippen molar-refractivity contribution in [2.24, 2.45) is 0 Å². The highest BCUT2D eigenvalue weighted by Crippen LogP contribution is 2.38. The lowest BCUT2D eigenvalue weighted by Crippen LogP contribution is -2.38. The van der Waals surface area contributed by atoms with E-state index in [1.807, 2.05) is 6.92 Å². The topological polar surface area (TPSA) is 68.7 Å². The van der Waals surface area contributed by atoms with Gasteiger partial charge in [0.25, 0.3) is 0 Å². The Kier molecular flexibility index (Phi) is 7.59. The Morgan fingerprint density at radius 2 is 1.83 bits per heavy atom. The van der Waals surface area contributed by atoms with Crippen molar-refractivity contribution in [3.05, 3.63) is 76.8 Å². The maximum Gasteiger partial charge on any atom is 0.416 e. The smallest absolute Gasteiger partial charge is 0.416 e. The van der Waals surface area contributed by atoms with Crippen LogP contribution in [0.4, 0.5) is 13.2 Å². The molecule has 186 valence electrons. The van der Waals surface area contributed by atoms with E-state index in [2.05, 4.69) is 11.6 Å². The maximum atomic E-state index is 12.9. The second-order valence-corrected chi connectivity index (χ2v) is 9.55. The lowest BCUT2D eigenvalue weighted by Gasteiger charge is -2.23. The average Bonchev–Trinajstić information content (AvgIpc) is 3.16. The minimum atomic E-state index is -4.40. The second-order valence-electron chi connectivity index (χ2n) is 8.52. The molecule has 9 heteroatoms. The van der Waals surface area contributed by atoms with Crippen LogP contribution in [0.15, 0.2) is 55.1 Å². The molecule has 0 aliphatic rings. The molecule has 1 aromatic heterocycles. The number of aromatic nitrogens is 1. The van der Waals surface area contributed by atoms with Crippen LogP contribution >= 0.6 is 11.3 Å². The molecule has 1 unspecified atom stereocenters. The Morgan fingerprint density at radius 3 is 2.37 bits per heavy atom. The van der Waals surface area contributed by atoms with E-state index in [-0.39, 0.29) is 0 Å². The summed E-state index contributed by atoms with van der Waals surface area (Å²) < 4.78 is 50.5. The van der Waals surface area contributed by atoms with Gasteiger partial charge >= 0.3 is 12.1 Å². The first-order chi connectivity index (χ1) is 16.3. The fraction of sp³-hybridized carbons (Fsp3) is 0.308. The first-order valence-corrected chi connectivity index (χ1v) is 11.6. The van der Waals surface area contributed by atoms with Gasteiger partial charge in [0.15, 0.2) is 5.60 Å². The molecule has 3 aromatic rings. The van der Waals surface area contributed by atoms with Crippen LogP contribution in [-0.4, -0.2) is 21.7 Å². The number of aryl methyl sites for hydroxylation is 2. The summed E-state index contributed by atoms with van der Waals surface area (Å²) in [5.74, 6) is -0.0879. The third kappa shape index (κ3) is 6.22. The maximum absolute atomic E-state index is 12.9. The number of alkyl halides is 3. The number of halogens is 3. The van der Waals surface area contributed by atoms with Crippen LogP contribution in [0.3, 0.4) is 0 Å². The molecule has 0 aliphatic heterocycles. The number of thiazole rings is 1. The summed E-state index contributed by atoms with van der Waals surface area (Å²) in [5, 5.41) is 9.89. The summed E-state index contributed by atoms with van der Waals surface area (Å²) in [4.78, 5) is 16.8. The van der Waals surface area contributed by atoms with E-state index >= 15 is 0 Å². The van der Waals surface area contributed by atoms with Gasteiger partial charge in [0.2, 0.25) is 0 Å². The number of aliphatic carboxylic acids is 1. The van der Waals surface area contributed by atoms with Gasteiger partial charge in [-0.15, -0.1) is 17.9 Å². The number of benzene rings is 2. The van der Waals surface area contributed by atoms with Crippen LogP contribution in [0.2, 0.25) is 0 Å². The zero-order chi connectivity index (χ0) is 26.0. The number of carbonyl (C=O) groups is 1. The average molecular weight is 506 g/mol. The Hall–Kier alpha value is -3.33. The molecule has 1 N–H and O–H groups in total. The predicted molar refractivity (Wildman–Crippen MR) is 129 cm³/mol. The van der Waals surface area contributed by atoms with Crippen LogP contribution in [-0.2, 0) is 11.0 Å². The third-order valence-electron chi connectivity index (χ3n) is 5.27. The van der Waals surface area contributed by atoms with Gasteiger partial charge in [-0.1, -0.05) is 18.2 Å². The summed E-state index contributed by atoms with van der Waals surface area (Å²) in [7, 11) is 0. The van der Waals surface area contributed by atoms with E-state index in [0.29, 0.717) is 34.1 Å². The number of nitrogens with zero attached hydrogens (tertiary/aromatic N) is 1. The fourth-order valence-corrected chi connectivity index (χ4v) is 4.40. The largest absolute Gasteiger partial charge is 0.484 e. The minimum Gasteiger partial charge on any atom is -0.484 e. The van der Waals surface area contributed by atoms with Crippen LogP contribution < -0.4 is 9.47 Å². The third-order valence-corrected chi connectivity index (χ3v) is 6.57. The van der Waals surface area contributed by atoms with Crippen molar-refractivity contribution in [1.29, 1.82) is 0 Å². The van der Waals surface area contributed by atoms with Crippen LogP contribution in [0.5, 0.6) is 11.5 Å². The minimum absolute atomic E-state index is 0.408. The van der Waals surface area contributed by atoms with Gasteiger partial charge in [-0.3, -0.25) is 0 Å². The molecular weight excluding hydrogens is 479 g/mol. The molecule has 0 saturated carbocycles. The summed E-state index contributed by atoms with van der Waals surface area (Å²) >= 11 is 1.36. The highest BCUT2D eigenvalue weighted by Gasteiger charge is 2.31. The lowest BCUT2D eigenvalue weighted by molar-refractivity contribution is -0.152. The van der Waals surface area contributed by atoms with E-state index in [4.69, 9.17) is 9.47 Å². The molecular formula is C26H26F3NO4S. The number of rotatable bonds is 9. The molecule has 0 bridgehead atoms. The number of carboxylic acids is 1. The van der Waals surface area contributed by atoms with Crippen molar-refractivity contribution in [3.63, 3.8) is 0 Å². The second kappa shape index (κ2) is 10.1. The standard InChI is InChI=1S/C26H26F3NO4S/c1-6-7-21(33-19-12-13-20(15(2)14-19)34-25(4,5)24(31)32)22-16(3)30-23(35-22)17-8-10-18(11-9-17)26(27,28)29/h6,8-14,21H,1,7H2,2-5H3,(H,31,32). The summed E-state index contributed by atoms with van der Waals surface area (Å²) in [6.07, 6.45) is -2.59. The van der Waals surface area contributed by atoms with E-state index in [1.54, 1.807) is 31.2 Å². The Labute approximate surface area is 205 Å². The van der Waals surface area contributed by atoms with E-state index in [1.165, 1.54) is 37.3 Å². The zero-order valence-corrected chi connectivity index (χ0v) is 20.6. The zero-order valence-electron chi connectivity index (χ0n) is 19.8. The van der Waals surface area contributed by atoms with Gasteiger partial charge in [0.1, 0.15) is 22.6 Å². The Morgan fingerprint density at radius 1 is 1.17 bits per heavy atom. The molecule has 1 atom stereocenters. The molecule has 35 heavy (non-hydrogen) atoms.